The van der Waals surface area contributed by atoms with Gasteiger partial charge in [-0.15, -0.1) is 0 Å². The molecule has 2 fully saturated rings. The third kappa shape index (κ3) is 3.73. The number of rotatable bonds is 5. The van der Waals surface area contributed by atoms with Crippen LogP contribution in [0.1, 0.15) is 31.9 Å². The van der Waals surface area contributed by atoms with Gasteiger partial charge >= 0.3 is 0 Å². The fourth-order valence-electron chi connectivity index (χ4n) is 4.22. The topological polar surface area (TPSA) is 40.6 Å². The van der Waals surface area contributed by atoms with Gasteiger partial charge in [-0.25, -0.2) is 8.42 Å². The van der Waals surface area contributed by atoms with Crippen molar-refractivity contribution in [2.45, 2.75) is 26.3 Å². The van der Waals surface area contributed by atoms with Gasteiger partial charge in [-0.05, 0) is 37.7 Å². The lowest BCUT2D eigenvalue weighted by Gasteiger charge is -2.28. The van der Waals surface area contributed by atoms with Crippen molar-refractivity contribution in [3.8, 4) is 0 Å². The molecule has 0 radical (unpaired) electrons. The first-order valence-electron chi connectivity index (χ1n) is 8.73. The Morgan fingerprint density at radius 3 is 2.50 bits per heavy atom. The lowest BCUT2D eigenvalue weighted by Crippen LogP contribution is -2.35. The normalized spacial score (nSPS) is 28.0. The van der Waals surface area contributed by atoms with Crippen LogP contribution < -0.4 is 0 Å². The van der Waals surface area contributed by atoms with Crippen LogP contribution in [0, 0.1) is 11.8 Å². The van der Waals surface area contributed by atoms with Crippen molar-refractivity contribution in [1.82, 2.24) is 9.21 Å². The molecular weight excluding hydrogens is 320 g/mol. The van der Waals surface area contributed by atoms with Crippen molar-refractivity contribution in [2.24, 2.45) is 11.8 Å². The fraction of sp³-hybridized carbons (Fsp3) is 0.579. The minimum Gasteiger partial charge on any atom is -0.302 e. The number of fused-ring (bicyclic) bond motifs is 1. The zero-order valence-electron chi connectivity index (χ0n) is 14.9. The van der Waals surface area contributed by atoms with Crippen molar-refractivity contribution >= 4 is 10.0 Å². The smallest absolute Gasteiger partial charge is 0.211 e. The highest BCUT2D eigenvalue weighted by Crippen LogP contribution is 2.45. The summed E-state index contributed by atoms with van der Waals surface area (Å²) in [5.74, 6) is 0.838. The summed E-state index contributed by atoms with van der Waals surface area (Å²) < 4.78 is 26.3. The van der Waals surface area contributed by atoms with Crippen LogP contribution in [0.5, 0.6) is 0 Å². The van der Waals surface area contributed by atoms with Gasteiger partial charge in [0.2, 0.25) is 10.0 Å². The molecular formula is C19H28N2O2S. The van der Waals surface area contributed by atoms with E-state index in [9.17, 15) is 8.42 Å². The van der Waals surface area contributed by atoms with E-state index in [1.54, 1.807) is 4.31 Å². The first-order chi connectivity index (χ1) is 11.4. The number of allylic oxidation sites excluding steroid dienone is 1. The number of hydrogen-bond donors (Lipinski definition) is 0. The molecule has 132 valence electrons. The number of likely N-dealkylation sites (tertiary alicyclic amines) is 1. The zero-order chi connectivity index (χ0) is 17.3. The van der Waals surface area contributed by atoms with E-state index in [-0.39, 0.29) is 6.04 Å². The molecule has 0 saturated carbocycles. The van der Waals surface area contributed by atoms with Gasteiger partial charge in [0.1, 0.15) is 0 Å². The average Bonchev–Trinajstić information content (AvgIpc) is 3.04. The third-order valence-electron chi connectivity index (χ3n) is 5.26. The molecule has 0 N–H and O–H groups in total. The molecule has 2 aliphatic rings. The Morgan fingerprint density at radius 2 is 1.88 bits per heavy atom. The van der Waals surface area contributed by atoms with Gasteiger partial charge in [0, 0.05) is 26.2 Å². The summed E-state index contributed by atoms with van der Waals surface area (Å²) >= 11 is 0. The quantitative estimate of drug-likeness (QED) is 0.768. The third-order valence-corrected chi connectivity index (χ3v) is 6.49. The maximum Gasteiger partial charge on any atom is 0.211 e. The molecule has 24 heavy (non-hydrogen) atoms. The van der Waals surface area contributed by atoms with Gasteiger partial charge in [-0.1, -0.05) is 42.0 Å². The standard InChI is InChI=1S/C19H28N2O2S/c1-15(2)8-7-11-20-12-17-13-21(24(3,22)23)19(18(17)14-20)16-9-5-4-6-10-16/h4-6,8-10,17-19H,7,11-14H2,1-3H3/t17-,18-,19+/m1/s1. The van der Waals surface area contributed by atoms with Crippen LogP contribution >= 0.6 is 0 Å². The number of benzene rings is 1. The second-order valence-electron chi connectivity index (χ2n) is 7.44. The first-order valence-corrected chi connectivity index (χ1v) is 10.6. The lowest BCUT2D eigenvalue weighted by atomic mass is 9.90. The summed E-state index contributed by atoms with van der Waals surface area (Å²) in [5, 5.41) is 0. The van der Waals surface area contributed by atoms with Crippen LogP contribution in [0.4, 0.5) is 0 Å². The summed E-state index contributed by atoms with van der Waals surface area (Å²) in [6, 6.07) is 10.1. The first kappa shape index (κ1) is 17.6. The predicted molar refractivity (Wildman–Crippen MR) is 98.2 cm³/mol. The van der Waals surface area contributed by atoms with E-state index in [1.165, 1.54) is 11.8 Å². The molecule has 1 aromatic rings. The fourth-order valence-corrected chi connectivity index (χ4v) is 5.37. The summed E-state index contributed by atoms with van der Waals surface area (Å²) in [6.07, 6.45) is 4.70. The molecule has 0 unspecified atom stereocenters. The molecule has 2 saturated heterocycles. The minimum atomic E-state index is -3.18. The Morgan fingerprint density at radius 1 is 1.17 bits per heavy atom. The Hall–Kier alpha value is -1.17. The van der Waals surface area contributed by atoms with Crippen LogP contribution in [0.2, 0.25) is 0 Å². The maximum atomic E-state index is 12.3. The van der Waals surface area contributed by atoms with E-state index in [2.05, 4.69) is 37.0 Å². The Labute approximate surface area is 146 Å². The molecule has 2 aliphatic heterocycles. The SMILES string of the molecule is CC(C)=CCCN1C[C@@H]2CN(S(C)(=O)=O)[C@@H](c3ccccc3)[C@@H]2C1. The monoisotopic (exact) mass is 348 g/mol. The summed E-state index contributed by atoms with van der Waals surface area (Å²) in [5.41, 5.74) is 2.49. The Bertz CT molecular complexity index is 695. The van der Waals surface area contributed by atoms with Crippen LogP contribution in [0.3, 0.4) is 0 Å². The van der Waals surface area contributed by atoms with Crippen LogP contribution in [0.25, 0.3) is 0 Å². The van der Waals surface area contributed by atoms with Gasteiger partial charge in [-0.3, -0.25) is 0 Å². The van der Waals surface area contributed by atoms with Crippen LogP contribution in [-0.2, 0) is 10.0 Å². The van der Waals surface area contributed by atoms with Gasteiger partial charge in [0.05, 0.1) is 12.3 Å². The van der Waals surface area contributed by atoms with E-state index in [0.717, 1.165) is 31.6 Å². The molecule has 0 bridgehead atoms. The second-order valence-corrected chi connectivity index (χ2v) is 9.38. The van der Waals surface area contributed by atoms with Gasteiger partial charge in [0.25, 0.3) is 0 Å². The zero-order valence-corrected chi connectivity index (χ0v) is 15.7. The highest BCUT2D eigenvalue weighted by Gasteiger charge is 2.50. The van der Waals surface area contributed by atoms with E-state index < -0.39 is 10.0 Å². The molecule has 5 heteroatoms. The van der Waals surface area contributed by atoms with Crippen molar-refractivity contribution in [2.75, 3.05) is 32.4 Å². The molecule has 0 amide bonds. The molecule has 4 nitrogen and oxygen atoms in total. The van der Waals surface area contributed by atoms with Crippen molar-refractivity contribution in [3.63, 3.8) is 0 Å². The van der Waals surface area contributed by atoms with Crippen molar-refractivity contribution < 1.29 is 8.42 Å². The van der Waals surface area contributed by atoms with Crippen LogP contribution in [0.15, 0.2) is 42.0 Å². The molecule has 0 spiro atoms. The lowest BCUT2D eigenvalue weighted by molar-refractivity contribution is 0.269. The van der Waals surface area contributed by atoms with Crippen molar-refractivity contribution in [1.29, 1.82) is 0 Å². The van der Waals surface area contributed by atoms with Crippen molar-refractivity contribution in [3.05, 3.63) is 47.5 Å². The Balaban J connectivity index is 1.78. The van der Waals surface area contributed by atoms with E-state index in [4.69, 9.17) is 0 Å². The van der Waals surface area contributed by atoms with Gasteiger partial charge in [0.15, 0.2) is 0 Å². The summed E-state index contributed by atoms with van der Waals surface area (Å²) in [4.78, 5) is 2.50. The number of hydrogen-bond acceptors (Lipinski definition) is 3. The molecule has 1 aromatic carbocycles. The van der Waals surface area contributed by atoms with Gasteiger partial charge < -0.3 is 4.90 Å². The Kier molecular flexibility index (Phi) is 5.13. The summed E-state index contributed by atoms with van der Waals surface area (Å²) in [6.45, 7) is 7.99. The highest BCUT2D eigenvalue weighted by atomic mass is 32.2. The highest BCUT2D eigenvalue weighted by molar-refractivity contribution is 7.88. The van der Waals surface area contributed by atoms with E-state index in [0.29, 0.717) is 18.4 Å². The van der Waals surface area contributed by atoms with Gasteiger partial charge in [-0.2, -0.15) is 4.31 Å². The molecule has 0 aromatic heterocycles. The van der Waals surface area contributed by atoms with Crippen LogP contribution in [-0.4, -0.2) is 50.1 Å². The average molecular weight is 349 g/mol. The second kappa shape index (κ2) is 6.98. The molecule has 2 heterocycles. The largest absolute Gasteiger partial charge is 0.302 e. The number of nitrogens with zero attached hydrogens (tertiary/aromatic N) is 2. The summed E-state index contributed by atoms with van der Waals surface area (Å²) in [7, 11) is -3.18. The van der Waals surface area contributed by atoms with E-state index in [1.807, 2.05) is 18.2 Å². The molecule has 3 rings (SSSR count). The number of sulfonamides is 1. The molecule has 3 atom stereocenters. The minimum absolute atomic E-state index is 0.0142. The molecule has 0 aliphatic carbocycles. The maximum absolute atomic E-state index is 12.3. The predicted octanol–water partition coefficient (Wildman–Crippen LogP) is 2.91. The van der Waals surface area contributed by atoms with E-state index >= 15 is 0 Å².